The molecule has 7 heteroatoms. The Balaban J connectivity index is 1.55. The molecule has 2 aromatic heterocycles. The van der Waals surface area contributed by atoms with Crippen molar-refractivity contribution >= 4 is 23.2 Å². The van der Waals surface area contributed by atoms with Gasteiger partial charge in [0.2, 0.25) is 5.91 Å². The summed E-state index contributed by atoms with van der Waals surface area (Å²) >= 11 is 1.67. The topological polar surface area (TPSA) is 78.1 Å². The van der Waals surface area contributed by atoms with Crippen LogP contribution in [0.1, 0.15) is 34.6 Å². The molecule has 4 rings (SSSR count). The van der Waals surface area contributed by atoms with E-state index < -0.39 is 0 Å². The number of thiophene rings is 1. The number of fused-ring (bicyclic) bond motifs is 3. The molecule has 0 radical (unpaired) electrons. The molecule has 2 bridgehead atoms. The van der Waals surface area contributed by atoms with Gasteiger partial charge in [0.05, 0.1) is 16.5 Å². The van der Waals surface area contributed by atoms with Crippen molar-refractivity contribution in [3.63, 3.8) is 0 Å². The van der Waals surface area contributed by atoms with E-state index in [-0.39, 0.29) is 23.8 Å². The molecule has 2 fully saturated rings. The van der Waals surface area contributed by atoms with Gasteiger partial charge in [-0.25, -0.2) is 0 Å². The molecule has 0 aliphatic carbocycles. The second-order valence-corrected chi connectivity index (χ2v) is 7.91. The van der Waals surface area contributed by atoms with E-state index in [1.165, 1.54) is 4.88 Å². The number of carbonyl (C=O) groups excluding carboxylic acids is 2. The number of hydrogen-bond donors (Lipinski definition) is 2. The van der Waals surface area contributed by atoms with Crippen LogP contribution in [0.2, 0.25) is 0 Å². The number of hydrogen-bond acceptors (Lipinski definition) is 4. The average Bonchev–Trinajstić information content (AvgIpc) is 3.11. The quantitative estimate of drug-likeness (QED) is 0.876. The molecule has 2 aliphatic rings. The summed E-state index contributed by atoms with van der Waals surface area (Å²) in [5.41, 5.74) is 1.28. The van der Waals surface area contributed by atoms with Crippen molar-refractivity contribution in [3.05, 3.63) is 28.8 Å². The summed E-state index contributed by atoms with van der Waals surface area (Å²) in [7, 11) is 0. The lowest BCUT2D eigenvalue weighted by Gasteiger charge is -2.26. The highest BCUT2D eigenvalue weighted by Gasteiger charge is 2.35. The van der Waals surface area contributed by atoms with Gasteiger partial charge in [0.15, 0.2) is 5.69 Å². The SMILES string of the molecule is Cc1ccc(-c2cc(C(=O)N3C[C@@H]4CCC[C@@H](C3)C(=O)N4)n[nH]2)s1. The summed E-state index contributed by atoms with van der Waals surface area (Å²) in [5, 5.41) is 10.2. The highest BCUT2D eigenvalue weighted by Crippen LogP contribution is 2.27. The Bertz CT molecular complexity index is 781. The molecule has 24 heavy (non-hydrogen) atoms. The van der Waals surface area contributed by atoms with Gasteiger partial charge in [-0.2, -0.15) is 5.10 Å². The minimum atomic E-state index is -0.0980. The van der Waals surface area contributed by atoms with E-state index in [9.17, 15) is 9.59 Å². The first kappa shape index (κ1) is 15.4. The van der Waals surface area contributed by atoms with Gasteiger partial charge in [0.25, 0.3) is 5.91 Å². The van der Waals surface area contributed by atoms with Gasteiger partial charge in [-0.1, -0.05) is 6.42 Å². The lowest BCUT2D eigenvalue weighted by Crippen LogP contribution is -2.41. The highest BCUT2D eigenvalue weighted by molar-refractivity contribution is 7.15. The van der Waals surface area contributed by atoms with Gasteiger partial charge in [-0.15, -0.1) is 11.3 Å². The molecule has 6 nitrogen and oxygen atoms in total. The standard InChI is InChI=1S/C17H20N4O2S/c1-10-5-6-15(24-10)13-7-14(20-19-13)17(23)21-8-11-3-2-4-12(9-21)18-16(11)22/h5-7,11-12H,2-4,8-9H2,1H3,(H,18,22)(H,19,20)/t11-,12-/m0/s1. The number of H-pyrrole nitrogens is 1. The Morgan fingerprint density at radius 3 is 3.00 bits per heavy atom. The van der Waals surface area contributed by atoms with E-state index in [0.29, 0.717) is 18.8 Å². The Morgan fingerprint density at radius 2 is 2.21 bits per heavy atom. The zero-order valence-electron chi connectivity index (χ0n) is 13.5. The first-order chi connectivity index (χ1) is 11.6. The fourth-order valence-electron chi connectivity index (χ4n) is 3.52. The molecular weight excluding hydrogens is 324 g/mol. The van der Waals surface area contributed by atoms with Crippen molar-refractivity contribution in [2.75, 3.05) is 13.1 Å². The maximum absolute atomic E-state index is 12.8. The monoisotopic (exact) mass is 344 g/mol. The van der Waals surface area contributed by atoms with Crippen molar-refractivity contribution in [2.24, 2.45) is 5.92 Å². The molecule has 2 aromatic rings. The van der Waals surface area contributed by atoms with Gasteiger partial charge in [0, 0.05) is 24.0 Å². The van der Waals surface area contributed by atoms with Crippen molar-refractivity contribution < 1.29 is 9.59 Å². The highest BCUT2D eigenvalue weighted by atomic mass is 32.1. The van der Waals surface area contributed by atoms with Gasteiger partial charge in [0.1, 0.15) is 0 Å². The fraction of sp³-hybridized carbons (Fsp3) is 0.471. The summed E-state index contributed by atoms with van der Waals surface area (Å²) in [6, 6.07) is 5.95. The van der Waals surface area contributed by atoms with Crippen LogP contribution in [-0.2, 0) is 4.79 Å². The molecule has 0 unspecified atom stereocenters. The van der Waals surface area contributed by atoms with Crippen LogP contribution in [0.4, 0.5) is 0 Å². The number of likely N-dealkylation sites (tertiary alicyclic amines) is 1. The number of aromatic amines is 1. The van der Waals surface area contributed by atoms with Crippen molar-refractivity contribution in [1.29, 1.82) is 0 Å². The summed E-state index contributed by atoms with van der Waals surface area (Å²) in [6.07, 6.45) is 2.83. The normalized spacial score (nSPS) is 23.7. The Morgan fingerprint density at radius 1 is 1.33 bits per heavy atom. The molecule has 126 valence electrons. The third kappa shape index (κ3) is 2.84. The van der Waals surface area contributed by atoms with E-state index in [2.05, 4.69) is 28.5 Å². The Hall–Kier alpha value is -2.15. The second kappa shape index (κ2) is 6.05. The van der Waals surface area contributed by atoms with Crippen LogP contribution in [0.3, 0.4) is 0 Å². The van der Waals surface area contributed by atoms with Crippen LogP contribution in [0.15, 0.2) is 18.2 Å². The van der Waals surface area contributed by atoms with Gasteiger partial charge >= 0.3 is 0 Å². The molecule has 0 aromatic carbocycles. The summed E-state index contributed by atoms with van der Waals surface area (Å²) in [6.45, 7) is 3.11. The summed E-state index contributed by atoms with van der Waals surface area (Å²) < 4.78 is 0. The molecule has 2 N–H and O–H groups in total. The average molecular weight is 344 g/mol. The molecule has 2 aliphatic heterocycles. The summed E-state index contributed by atoms with van der Waals surface area (Å²) in [5.74, 6) is -0.108. The smallest absolute Gasteiger partial charge is 0.274 e. The largest absolute Gasteiger partial charge is 0.351 e. The first-order valence-corrected chi connectivity index (χ1v) is 9.13. The molecule has 0 spiro atoms. The molecule has 2 amide bonds. The van der Waals surface area contributed by atoms with Crippen molar-refractivity contribution in [3.8, 4) is 10.6 Å². The Kier molecular flexibility index (Phi) is 3.88. The number of amides is 2. The first-order valence-electron chi connectivity index (χ1n) is 8.32. The molecule has 0 saturated carbocycles. The van der Waals surface area contributed by atoms with Gasteiger partial charge in [-0.05, 0) is 38.0 Å². The third-order valence-electron chi connectivity index (χ3n) is 4.79. The van der Waals surface area contributed by atoms with E-state index in [1.54, 1.807) is 16.2 Å². The van der Waals surface area contributed by atoms with Crippen LogP contribution < -0.4 is 5.32 Å². The number of rotatable bonds is 2. The van der Waals surface area contributed by atoms with Gasteiger partial charge < -0.3 is 10.2 Å². The number of nitrogens with one attached hydrogen (secondary N) is 2. The minimum Gasteiger partial charge on any atom is -0.351 e. The van der Waals surface area contributed by atoms with Crippen LogP contribution in [0.25, 0.3) is 10.6 Å². The van der Waals surface area contributed by atoms with Crippen LogP contribution in [0, 0.1) is 12.8 Å². The van der Waals surface area contributed by atoms with Crippen LogP contribution in [-0.4, -0.2) is 46.0 Å². The van der Waals surface area contributed by atoms with E-state index in [4.69, 9.17) is 0 Å². The number of carbonyl (C=O) groups is 2. The number of aromatic nitrogens is 2. The van der Waals surface area contributed by atoms with Crippen molar-refractivity contribution in [1.82, 2.24) is 20.4 Å². The van der Waals surface area contributed by atoms with Gasteiger partial charge in [-0.3, -0.25) is 14.7 Å². The van der Waals surface area contributed by atoms with E-state index >= 15 is 0 Å². The Labute approximate surface area is 144 Å². The zero-order chi connectivity index (χ0) is 16.7. The predicted molar refractivity (Wildman–Crippen MR) is 91.8 cm³/mol. The predicted octanol–water partition coefficient (Wildman–Crippen LogP) is 2.19. The molecule has 2 saturated heterocycles. The fourth-order valence-corrected chi connectivity index (χ4v) is 4.35. The van der Waals surface area contributed by atoms with Crippen molar-refractivity contribution in [2.45, 2.75) is 32.2 Å². The van der Waals surface area contributed by atoms with Crippen LogP contribution in [0.5, 0.6) is 0 Å². The van der Waals surface area contributed by atoms with Crippen LogP contribution >= 0.6 is 11.3 Å². The third-order valence-corrected chi connectivity index (χ3v) is 5.83. The maximum atomic E-state index is 12.8. The summed E-state index contributed by atoms with van der Waals surface area (Å²) in [4.78, 5) is 29.0. The zero-order valence-corrected chi connectivity index (χ0v) is 14.4. The molecule has 4 heterocycles. The lowest BCUT2D eigenvalue weighted by molar-refractivity contribution is -0.124. The van der Waals surface area contributed by atoms with E-state index in [1.807, 2.05) is 12.1 Å². The molecule has 2 atom stereocenters. The number of aryl methyl sites for hydroxylation is 1. The lowest BCUT2D eigenvalue weighted by atomic mass is 9.99. The molecular formula is C17H20N4O2S. The maximum Gasteiger partial charge on any atom is 0.274 e. The number of nitrogens with zero attached hydrogens (tertiary/aromatic N) is 2. The second-order valence-electron chi connectivity index (χ2n) is 6.62. The van der Waals surface area contributed by atoms with E-state index in [0.717, 1.165) is 29.8 Å². The minimum absolute atomic E-state index is 0.0623.